The number of hydrogen-bond donors (Lipinski definition) is 3. The maximum Gasteiger partial charge on any atom is 0.322 e. The number of ether oxygens (including phenoxy) is 1. The van der Waals surface area contributed by atoms with Gasteiger partial charge >= 0.3 is 5.97 Å². The van der Waals surface area contributed by atoms with Gasteiger partial charge in [0.05, 0.1) is 0 Å². The number of fused-ring (bicyclic) bond motifs is 1. The summed E-state index contributed by atoms with van der Waals surface area (Å²) in [6, 6.07) is 12.2. The number of aromatic hydroxyl groups is 1. The second-order valence-corrected chi connectivity index (χ2v) is 6.16. The SMILES string of the molecule is Cc1ccc(Oc2ccc3c(Cl)nc(C(=O)NCC(=O)O)c(O)c3c2)cc1. The molecular weight excluding hydrogens is 372 g/mol. The number of aliphatic carboxylic acids is 1. The Morgan fingerprint density at radius 1 is 1.11 bits per heavy atom. The molecule has 0 spiro atoms. The number of carboxylic acid groups (broad SMARTS) is 1. The summed E-state index contributed by atoms with van der Waals surface area (Å²) < 4.78 is 5.76. The molecule has 3 aromatic rings. The number of nitrogens with zero attached hydrogens (tertiary/aromatic N) is 1. The lowest BCUT2D eigenvalue weighted by atomic mass is 10.1. The van der Waals surface area contributed by atoms with Gasteiger partial charge in [-0.15, -0.1) is 0 Å². The first kappa shape index (κ1) is 18.5. The zero-order valence-corrected chi connectivity index (χ0v) is 14.9. The smallest absolute Gasteiger partial charge is 0.322 e. The topological polar surface area (TPSA) is 109 Å². The zero-order valence-electron chi connectivity index (χ0n) is 14.2. The standard InChI is InChI=1S/C19H15ClN2O5/c1-10-2-4-11(5-3-10)27-12-6-7-13-14(8-12)17(25)16(22-18(13)20)19(26)21-9-15(23)24/h2-8,25H,9H2,1H3,(H,21,26)(H,23,24). The highest BCUT2D eigenvalue weighted by Crippen LogP contribution is 2.35. The highest BCUT2D eigenvalue weighted by molar-refractivity contribution is 6.35. The highest BCUT2D eigenvalue weighted by atomic mass is 35.5. The molecule has 0 atom stereocenters. The summed E-state index contributed by atoms with van der Waals surface area (Å²) in [5, 5.41) is 21.9. The molecule has 0 saturated carbocycles. The van der Waals surface area contributed by atoms with E-state index in [1.54, 1.807) is 12.1 Å². The number of carboxylic acids is 1. The van der Waals surface area contributed by atoms with Gasteiger partial charge in [0.15, 0.2) is 11.4 Å². The Morgan fingerprint density at radius 3 is 2.44 bits per heavy atom. The number of aromatic nitrogens is 1. The van der Waals surface area contributed by atoms with E-state index < -0.39 is 24.2 Å². The van der Waals surface area contributed by atoms with E-state index in [-0.39, 0.29) is 16.2 Å². The van der Waals surface area contributed by atoms with Crippen LogP contribution in [0.1, 0.15) is 16.1 Å². The third kappa shape index (κ3) is 4.09. The largest absolute Gasteiger partial charge is 0.505 e. The molecule has 0 aliphatic rings. The van der Waals surface area contributed by atoms with Crippen molar-refractivity contribution in [2.75, 3.05) is 6.54 Å². The van der Waals surface area contributed by atoms with Gasteiger partial charge in [-0.3, -0.25) is 9.59 Å². The predicted octanol–water partition coefficient (Wildman–Crippen LogP) is 3.51. The fourth-order valence-corrected chi connectivity index (χ4v) is 2.69. The molecule has 8 heteroatoms. The number of hydrogen-bond acceptors (Lipinski definition) is 5. The van der Waals surface area contributed by atoms with Gasteiger partial charge in [-0.25, -0.2) is 4.98 Å². The van der Waals surface area contributed by atoms with Gasteiger partial charge in [0.25, 0.3) is 5.91 Å². The van der Waals surface area contributed by atoms with Gasteiger partial charge < -0.3 is 20.3 Å². The molecule has 0 fully saturated rings. The summed E-state index contributed by atoms with van der Waals surface area (Å²) in [6.07, 6.45) is 0. The van der Waals surface area contributed by atoms with Gasteiger partial charge in [0.2, 0.25) is 0 Å². The highest BCUT2D eigenvalue weighted by Gasteiger charge is 2.19. The molecule has 0 saturated heterocycles. The zero-order chi connectivity index (χ0) is 19.6. The molecule has 1 heterocycles. The Balaban J connectivity index is 1.98. The third-order valence-electron chi connectivity index (χ3n) is 3.77. The van der Waals surface area contributed by atoms with Crippen molar-refractivity contribution >= 4 is 34.2 Å². The molecule has 1 aromatic heterocycles. The summed E-state index contributed by atoms with van der Waals surface area (Å²) in [6.45, 7) is 1.36. The number of rotatable bonds is 5. The number of benzene rings is 2. The number of nitrogens with one attached hydrogen (secondary N) is 1. The molecule has 2 aromatic carbocycles. The molecule has 0 unspecified atom stereocenters. The molecule has 138 valence electrons. The maximum atomic E-state index is 12.1. The molecule has 3 rings (SSSR count). The second-order valence-electron chi connectivity index (χ2n) is 5.80. The summed E-state index contributed by atoms with van der Waals surface area (Å²) >= 11 is 6.11. The Morgan fingerprint density at radius 2 is 1.78 bits per heavy atom. The summed E-state index contributed by atoms with van der Waals surface area (Å²) in [7, 11) is 0. The summed E-state index contributed by atoms with van der Waals surface area (Å²) in [5.74, 6) is -1.43. The Hall–Kier alpha value is -3.32. The van der Waals surface area contributed by atoms with Crippen molar-refractivity contribution in [3.8, 4) is 17.2 Å². The number of pyridine rings is 1. The van der Waals surface area contributed by atoms with E-state index in [9.17, 15) is 14.7 Å². The Bertz CT molecular complexity index is 1030. The number of carbonyl (C=O) groups is 2. The predicted molar refractivity (Wildman–Crippen MR) is 99.6 cm³/mol. The lowest BCUT2D eigenvalue weighted by Gasteiger charge is -2.11. The molecule has 0 radical (unpaired) electrons. The first-order valence-corrected chi connectivity index (χ1v) is 8.29. The molecule has 0 bridgehead atoms. The van der Waals surface area contributed by atoms with Gasteiger partial charge in [-0.2, -0.15) is 0 Å². The normalized spacial score (nSPS) is 10.6. The minimum atomic E-state index is -1.22. The van der Waals surface area contributed by atoms with Crippen LogP contribution in [-0.2, 0) is 4.79 Å². The number of amides is 1. The van der Waals surface area contributed by atoms with E-state index in [2.05, 4.69) is 10.3 Å². The molecular formula is C19H15ClN2O5. The average Bonchev–Trinajstić information content (AvgIpc) is 2.64. The van der Waals surface area contributed by atoms with Crippen molar-refractivity contribution in [1.82, 2.24) is 10.3 Å². The van der Waals surface area contributed by atoms with E-state index in [1.165, 1.54) is 6.07 Å². The number of carbonyl (C=O) groups excluding carboxylic acids is 1. The van der Waals surface area contributed by atoms with Gasteiger partial charge in [0, 0.05) is 10.8 Å². The quantitative estimate of drug-likeness (QED) is 0.579. The molecule has 0 aliphatic carbocycles. The van der Waals surface area contributed by atoms with E-state index in [4.69, 9.17) is 21.4 Å². The van der Waals surface area contributed by atoms with Crippen molar-refractivity contribution in [1.29, 1.82) is 0 Å². The monoisotopic (exact) mass is 386 g/mol. The van der Waals surface area contributed by atoms with Crippen LogP contribution in [0.3, 0.4) is 0 Å². The van der Waals surface area contributed by atoms with Gasteiger partial charge in [0.1, 0.15) is 23.2 Å². The summed E-state index contributed by atoms with van der Waals surface area (Å²) in [5.41, 5.74) is 0.731. The first-order chi connectivity index (χ1) is 12.8. The fraction of sp³-hybridized carbons (Fsp3) is 0.105. The second kappa shape index (κ2) is 7.51. The summed E-state index contributed by atoms with van der Waals surface area (Å²) in [4.78, 5) is 26.6. The molecule has 0 aliphatic heterocycles. The lowest BCUT2D eigenvalue weighted by molar-refractivity contribution is -0.135. The van der Waals surface area contributed by atoms with Crippen LogP contribution in [0.15, 0.2) is 42.5 Å². The van der Waals surface area contributed by atoms with Crippen LogP contribution in [0, 0.1) is 6.92 Å². The van der Waals surface area contributed by atoms with Crippen LogP contribution < -0.4 is 10.1 Å². The van der Waals surface area contributed by atoms with Crippen LogP contribution in [0.4, 0.5) is 0 Å². The molecule has 7 nitrogen and oxygen atoms in total. The van der Waals surface area contributed by atoms with Gasteiger partial charge in [-0.05, 0) is 37.3 Å². The molecule has 3 N–H and O–H groups in total. The molecule has 1 amide bonds. The van der Waals surface area contributed by atoms with Crippen LogP contribution >= 0.6 is 11.6 Å². The Labute approximate surface area is 159 Å². The van der Waals surface area contributed by atoms with E-state index >= 15 is 0 Å². The van der Waals surface area contributed by atoms with E-state index in [0.717, 1.165) is 5.56 Å². The minimum absolute atomic E-state index is 0.00478. The van der Waals surface area contributed by atoms with Crippen LogP contribution in [0.5, 0.6) is 17.2 Å². The van der Waals surface area contributed by atoms with Crippen LogP contribution in [0.2, 0.25) is 5.15 Å². The maximum absolute atomic E-state index is 12.1. The van der Waals surface area contributed by atoms with Crippen molar-refractivity contribution in [2.45, 2.75) is 6.92 Å². The van der Waals surface area contributed by atoms with E-state index in [0.29, 0.717) is 16.9 Å². The fourth-order valence-electron chi connectivity index (χ4n) is 2.44. The van der Waals surface area contributed by atoms with Crippen LogP contribution in [-0.4, -0.2) is 33.6 Å². The third-order valence-corrected chi connectivity index (χ3v) is 4.06. The van der Waals surface area contributed by atoms with Crippen molar-refractivity contribution < 1.29 is 24.5 Å². The minimum Gasteiger partial charge on any atom is -0.505 e. The lowest BCUT2D eigenvalue weighted by Crippen LogP contribution is -2.30. The number of halogens is 1. The van der Waals surface area contributed by atoms with Crippen molar-refractivity contribution in [2.24, 2.45) is 0 Å². The Kier molecular flexibility index (Phi) is 5.14. The van der Waals surface area contributed by atoms with Crippen molar-refractivity contribution in [3.63, 3.8) is 0 Å². The van der Waals surface area contributed by atoms with Crippen molar-refractivity contribution in [3.05, 3.63) is 58.9 Å². The number of aryl methyl sites for hydroxylation is 1. The van der Waals surface area contributed by atoms with E-state index in [1.807, 2.05) is 31.2 Å². The first-order valence-electron chi connectivity index (χ1n) is 7.92. The molecule has 27 heavy (non-hydrogen) atoms. The van der Waals surface area contributed by atoms with Gasteiger partial charge in [-0.1, -0.05) is 29.3 Å². The average molecular weight is 387 g/mol. The van der Waals surface area contributed by atoms with Crippen LogP contribution in [0.25, 0.3) is 10.8 Å².